The summed E-state index contributed by atoms with van der Waals surface area (Å²) in [6.45, 7) is 7.04. The molecule has 8 heteroatoms. The Bertz CT molecular complexity index is 820. The van der Waals surface area contributed by atoms with Crippen LogP contribution in [0.1, 0.15) is 12.0 Å². The second kappa shape index (κ2) is 11.5. The number of aliphatic imine (C=N–C) groups is 1. The van der Waals surface area contributed by atoms with Gasteiger partial charge in [0.1, 0.15) is 5.82 Å². The van der Waals surface area contributed by atoms with Crippen molar-refractivity contribution in [3.05, 3.63) is 54.2 Å². The van der Waals surface area contributed by atoms with E-state index >= 15 is 0 Å². The molecule has 31 heavy (non-hydrogen) atoms. The van der Waals surface area contributed by atoms with Crippen LogP contribution in [0.15, 0.2) is 53.7 Å². The van der Waals surface area contributed by atoms with Gasteiger partial charge in [0.15, 0.2) is 5.96 Å². The van der Waals surface area contributed by atoms with E-state index in [-0.39, 0.29) is 24.0 Å². The van der Waals surface area contributed by atoms with E-state index in [0.29, 0.717) is 12.6 Å². The highest BCUT2D eigenvalue weighted by atomic mass is 127. The Morgan fingerprint density at radius 1 is 1.03 bits per heavy atom. The average Bonchev–Trinajstić information content (AvgIpc) is 3.27. The molecule has 0 amide bonds. The van der Waals surface area contributed by atoms with E-state index in [0.717, 1.165) is 63.0 Å². The normalized spacial score (nSPS) is 19.8. The fourth-order valence-electron chi connectivity index (χ4n) is 4.07. The second-order valence-electron chi connectivity index (χ2n) is 8.15. The first kappa shape index (κ1) is 23.6. The van der Waals surface area contributed by atoms with Gasteiger partial charge in [0, 0.05) is 70.8 Å². The minimum absolute atomic E-state index is 0. The van der Waals surface area contributed by atoms with Gasteiger partial charge in [-0.3, -0.25) is 4.99 Å². The summed E-state index contributed by atoms with van der Waals surface area (Å²) in [6.07, 6.45) is 3.08. The summed E-state index contributed by atoms with van der Waals surface area (Å²) in [6, 6.07) is 15.3. The highest BCUT2D eigenvalue weighted by molar-refractivity contribution is 14.0. The molecule has 0 radical (unpaired) electrons. The van der Waals surface area contributed by atoms with Crippen LogP contribution in [0.3, 0.4) is 0 Å². The van der Waals surface area contributed by atoms with Crippen molar-refractivity contribution in [1.82, 2.24) is 20.5 Å². The van der Waals surface area contributed by atoms with Gasteiger partial charge >= 0.3 is 0 Å². The Labute approximate surface area is 202 Å². The SMILES string of the molecule is CN=C(NCc1ccc(N2CCN(C)CC2)nc1)NC1CCN(c2ccccc2)C1.I. The number of likely N-dealkylation sites (N-methyl/N-ethyl adjacent to an activating group) is 1. The average molecular weight is 535 g/mol. The second-order valence-corrected chi connectivity index (χ2v) is 8.15. The summed E-state index contributed by atoms with van der Waals surface area (Å²) >= 11 is 0. The molecule has 1 aromatic carbocycles. The molecule has 0 bridgehead atoms. The maximum atomic E-state index is 4.68. The van der Waals surface area contributed by atoms with Crippen molar-refractivity contribution in [2.75, 3.05) is 63.2 Å². The Balaban J connectivity index is 0.00000272. The first-order valence-corrected chi connectivity index (χ1v) is 10.9. The van der Waals surface area contributed by atoms with Crippen molar-refractivity contribution in [3.8, 4) is 0 Å². The van der Waals surface area contributed by atoms with Crippen molar-refractivity contribution in [1.29, 1.82) is 0 Å². The van der Waals surface area contributed by atoms with Crippen LogP contribution in [0, 0.1) is 0 Å². The van der Waals surface area contributed by atoms with Crippen LogP contribution in [0.25, 0.3) is 0 Å². The topological polar surface area (TPSA) is 59.0 Å². The van der Waals surface area contributed by atoms with E-state index in [9.17, 15) is 0 Å². The van der Waals surface area contributed by atoms with Crippen LogP contribution in [-0.4, -0.2) is 75.2 Å². The molecule has 168 valence electrons. The molecule has 0 aliphatic carbocycles. The van der Waals surface area contributed by atoms with Crippen molar-refractivity contribution in [2.24, 2.45) is 4.99 Å². The lowest BCUT2D eigenvalue weighted by molar-refractivity contribution is 0.312. The Morgan fingerprint density at radius 3 is 2.48 bits per heavy atom. The van der Waals surface area contributed by atoms with Crippen molar-refractivity contribution in [3.63, 3.8) is 0 Å². The lowest BCUT2D eigenvalue weighted by Gasteiger charge is -2.33. The van der Waals surface area contributed by atoms with Crippen molar-refractivity contribution < 1.29 is 0 Å². The molecule has 2 N–H and O–H groups in total. The first-order chi connectivity index (χ1) is 14.7. The zero-order valence-electron chi connectivity index (χ0n) is 18.5. The monoisotopic (exact) mass is 535 g/mol. The predicted molar refractivity (Wildman–Crippen MR) is 140 cm³/mol. The van der Waals surface area contributed by atoms with Gasteiger partial charge in [0.2, 0.25) is 0 Å². The summed E-state index contributed by atoms with van der Waals surface area (Å²) in [4.78, 5) is 16.2. The number of rotatable bonds is 5. The number of anilines is 2. The molecule has 2 fully saturated rings. The van der Waals surface area contributed by atoms with Crippen LogP contribution >= 0.6 is 24.0 Å². The molecule has 0 saturated carbocycles. The molecule has 1 aromatic heterocycles. The fraction of sp³-hybridized carbons (Fsp3) is 0.478. The number of hydrogen-bond acceptors (Lipinski definition) is 5. The number of benzene rings is 1. The standard InChI is InChI=1S/C23H33N7.HI/c1-24-23(27-20-10-11-30(18-20)21-6-4-3-5-7-21)26-17-19-8-9-22(25-16-19)29-14-12-28(2)13-15-29;/h3-9,16,20H,10-15,17-18H2,1-2H3,(H2,24,26,27);1H. The van der Waals surface area contributed by atoms with E-state index in [1.165, 1.54) is 5.69 Å². The maximum Gasteiger partial charge on any atom is 0.191 e. The van der Waals surface area contributed by atoms with Gasteiger partial charge in [-0.15, -0.1) is 24.0 Å². The van der Waals surface area contributed by atoms with Gasteiger partial charge in [0.25, 0.3) is 0 Å². The van der Waals surface area contributed by atoms with E-state index in [4.69, 9.17) is 0 Å². The van der Waals surface area contributed by atoms with Crippen LogP contribution in [-0.2, 0) is 6.54 Å². The van der Waals surface area contributed by atoms with Gasteiger partial charge in [-0.1, -0.05) is 24.3 Å². The number of halogens is 1. The molecule has 2 aromatic rings. The van der Waals surface area contributed by atoms with E-state index < -0.39 is 0 Å². The minimum Gasteiger partial charge on any atom is -0.369 e. The zero-order valence-corrected chi connectivity index (χ0v) is 20.8. The van der Waals surface area contributed by atoms with Crippen LogP contribution in [0.5, 0.6) is 0 Å². The zero-order chi connectivity index (χ0) is 20.8. The summed E-state index contributed by atoms with van der Waals surface area (Å²) < 4.78 is 0. The fourth-order valence-corrected chi connectivity index (χ4v) is 4.07. The van der Waals surface area contributed by atoms with E-state index in [1.807, 2.05) is 13.2 Å². The summed E-state index contributed by atoms with van der Waals surface area (Å²) in [5.74, 6) is 1.92. The predicted octanol–water partition coefficient (Wildman–Crippen LogP) is 2.40. The van der Waals surface area contributed by atoms with Gasteiger partial charge in [-0.25, -0.2) is 4.98 Å². The number of nitrogens with zero attached hydrogens (tertiary/aromatic N) is 5. The molecular formula is C23H34IN7. The summed E-state index contributed by atoms with van der Waals surface area (Å²) in [7, 11) is 4.00. The molecular weight excluding hydrogens is 501 g/mol. The number of guanidine groups is 1. The molecule has 2 aliphatic rings. The Kier molecular flexibility index (Phi) is 8.77. The molecule has 2 aliphatic heterocycles. The molecule has 1 atom stereocenters. The van der Waals surface area contributed by atoms with Crippen LogP contribution < -0.4 is 20.4 Å². The van der Waals surface area contributed by atoms with Gasteiger partial charge in [-0.2, -0.15) is 0 Å². The lowest BCUT2D eigenvalue weighted by Crippen LogP contribution is -2.45. The van der Waals surface area contributed by atoms with Crippen LogP contribution in [0.4, 0.5) is 11.5 Å². The van der Waals surface area contributed by atoms with Gasteiger partial charge < -0.3 is 25.3 Å². The number of para-hydroxylation sites is 1. The third-order valence-corrected chi connectivity index (χ3v) is 5.97. The molecule has 3 heterocycles. The Morgan fingerprint density at radius 2 is 1.81 bits per heavy atom. The summed E-state index contributed by atoms with van der Waals surface area (Å²) in [5, 5.41) is 7.00. The molecule has 0 spiro atoms. The highest BCUT2D eigenvalue weighted by Crippen LogP contribution is 2.19. The molecule has 7 nitrogen and oxygen atoms in total. The molecule has 1 unspecified atom stereocenters. The number of aromatic nitrogens is 1. The van der Waals surface area contributed by atoms with E-state index in [2.05, 4.69) is 84.8 Å². The minimum atomic E-state index is 0. The Hall–Kier alpha value is -2.07. The maximum absolute atomic E-state index is 4.68. The number of nitrogens with one attached hydrogen (secondary N) is 2. The van der Waals surface area contributed by atoms with Gasteiger partial charge in [0.05, 0.1) is 0 Å². The lowest BCUT2D eigenvalue weighted by atomic mass is 10.2. The highest BCUT2D eigenvalue weighted by Gasteiger charge is 2.23. The number of pyridine rings is 1. The van der Waals surface area contributed by atoms with Crippen molar-refractivity contribution in [2.45, 2.75) is 19.0 Å². The number of piperazine rings is 1. The first-order valence-electron chi connectivity index (χ1n) is 10.9. The van der Waals surface area contributed by atoms with Gasteiger partial charge in [-0.05, 0) is 37.2 Å². The summed E-state index contributed by atoms with van der Waals surface area (Å²) in [5.41, 5.74) is 2.45. The quantitative estimate of drug-likeness (QED) is 0.349. The number of hydrogen-bond donors (Lipinski definition) is 2. The van der Waals surface area contributed by atoms with Crippen molar-refractivity contribution >= 4 is 41.4 Å². The van der Waals surface area contributed by atoms with Crippen LogP contribution in [0.2, 0.25) is 0 Å². The molecule has 4 rings (SSSR count). The third-order valence-electron chi connectivity index (χ3n) is 5.97. The molecule has 2 saturated heterocycles. The largest absolute Gasteiger partial charge is 0.369 e. The third kappa shape index (κ3) is 6.46. The van der Waals surface area contributed by atoms with E-state index in [1.54, 1.807) is 0 Å². The smallest absolute Gasteiger partial charge is 0.191 e.